The number of hydrogen-bond acceptors (Lipinski definition) is 4. The highest BCUT2D eigenvalue weighted by Crippen LogP contribution is 2.34. The molecule has 142 valence electrons. The number of carbonyl (C=O) groups excluding carboxylic acids is 1. The van der Waals surface area contributed by atoms with Crippen LogP contribution in [0.4, 0.5) is 5.69 Å². The Bertz CT molecular complexity index is 851. The van der Waals surface area contributed by atoms with Crippen LogP contribution < -0.4 is 4.90 Å². The van der Waals surface area contributed by atoms with Gasteiger partial charge in [-0.05, 0) is 43.9 Å². The maximum Gasteiger partial charge on any atom is 0.306 e. The fourth-order valence-corrected chi connectivity index (χ4v) is 4.18. The molecule has 1 atom stereocenters. The molecule has 3 heterocycles. The molecule has 2 aliphatic heterocycles. The quantitative estimate of drug-likeness (QED) is 0.897. The molecule has 1 aromatic carbocycles. The molecule has 27 heavy (non-hydrogen) atoms. The topological polar surface area (TPSA) is 74.0 Å². The zero-order valence-corrected chi connectivity index (χ0v) is 15.4. The number of aliphatic carboxylic acids is 1. The molecule has 1 fully saturated rings. The van der Waals surface area contributed by atoms with E-state index in [1.54, 1.807) is 11.2 Å². The van der Waals surface area contributed by atoms with Gasteiger partial charge in [0.2, 0.25) is 0 Å². The van der Waals surface area contributed by atoms with E-state index in [0.717, 1.165) is 12.0 Å². The third-order valence-corrected chi connectivity index (χ3v) is 5.76. The van der Waals surface area contributed by atoms with Crippen molar-refractivity contribution in [1.82, 2.24) is 4.90 Å². The molecule has 0 saturated carbocycles. The number of rotatable bonds is 4. The molecule has 0 spiro atoms. The molecular formula is C21H24N2O4. The first-order valence-electron chi connectivity index (χ1n) is 9.47. The van der Waals surface area contributed by atoms with Crippen LogP contribution in [0.2, 0.25) is 0 Å². The lowest BCUT2D eigenvalue weighted by atomic mass is 9.97. The van der Waals surface area contributed by atoms with Crippen molar-refractivity contribution in [2.24, 2.45) is 5.92 Å². The van der Waals surface area contributed by atoms with Crippen LogP contribution >= 0.6 is 0 Å². The Hall–Kier alpha value is -2.76. The van der Waals surface area contributed by atoms with Crippen LogP contribution in [-0.4, -0.2) is 41.0 Å². The SMILES string of the molecule is C[C@@H]1Cc2ccccc2N1Cc1ccoc1C(=O)N1CCC(C(=O)O)CC1. The van der Waals surface area contributed by atoms with Gasteiger partial charge in [0, 0.05) is 36.9 Å². The molecule has 6 nitrogen and oxygen atoms in total. The summed E-state index contributed by atoms with van der Waals surface area (Å²) in [7, 11) is 0. The van der Waals surface area contributed by atoms with E-state index < -0.39 is 5.97 Å². The first kappa shape index (κ1) is 17.6. The van der Waals surface area contributed by atoms with Crippen LogP contribution in [-0.2, 0) is 17.8 Å². The van der Waals surface area contributed by atoms with E-state index >= 15 is 0 Å². The summed E-state index contributed by atoms with van der Waals surface area (Å²) in [4.78, 5) is 28.1. The Morgan fingerprint density at radius 2 is 1.93 bits per heavy atom. The highest BCUT2D eigenvalue weighted by molar-refractivity contribution is 5.93. The van der Waals surface area contributed by atoms with Crippen molar-refractivity contribution in [3.05, 3.63) is 53.5 Å². The maximum absolute atomic E-state index is 12.9. The van der Waals surface area contributed by atoms with Gasteiger partial charge < -0.3 is 19.3 Å². The van der Waals surface area contributed by atoms with Gasteiger partial charge in [-0.15, -0.1) is 0 Å². The van der Waals surface area contributed by atoms with Crippen LogP contribution in [0.25, 0.3) is 0 Å². The Morgan fingerprint density at radius 3 is 2.67 bits per heavy atom. The summed E-state index contributed by atoms with van der Waals surface area (Å²) in [5.41, 5.74) is 3.42. The number of furan rings is 1. The summed E-state index contributed by atoms with van der Waals surface area (Å²) >= 11 is 0. The number of likely N-dealkylation sites (tertiary alicyclic amines) is 1. The smallest absolute Gasteiger partial charge is 0.306 e. The second-order valence-electron chi connectivity index (χ2n) is 7.49. The fourth-order valence-electron chi connectivity index (χ4n) is 4.18. The summed E-state index contributed by atoms with van der Waals surface area (Å²) in [5.74, 6) is -0.895. The minimum absolute atomic E-state index is 0.140. The summed E-state index contributed by atoms with van der Waals surface area (Å²) in [5, 5.41) is 9.13. The monoisotopic (exact) mass is 368 g/mol. The number of carboxylic acids is 1. The van der Waals surface area contributed by atoms with E-state index in [4.69, 9.17) is 9.52 Å². The third kappa shape index (κ3) is 3.31. The molecule has 2 aliphatic rings. The van der Waals surface area contributed by atoms with Gasteiger partial charge in [0.15, 0.2) is 5.76 Å². The van der Waals surface area contributed by atoms with Gasteiger partial charge in [-0.3, -0.25) is 9.59 Å². The average molecular weight is 368 g/mol. The lowest BCUT2D eigenvalue weighted by Crippen LogP contribution is -2.40. The summed E-state index contributed by atoms with van der Waals surface area (Å²) < 4.78 is 5.55. The predicted molar refractivity (Wildman–Crippen MR) is 101 cm³/mol. The molecule has 0 radical (unpaired) electrons. The van der Waals surface area contributed by atoms with Gasteiger partial charge in [0.1, 0.15) is 0 Å². The second-order valence-corrected chi connectivity index (χ2v) is 7.49. The Labute approximate surface area is 158 Å². The molecule has 1 N–H and O–H groups in total. The Balaban J connectivity index is 1.49. The van der Waals surface area contributed by atoms with E-state index in [0.29, 0.717) is 44.3 Å². The van der Waals surface area contributed by atoms with E-state index in [1.165, 1.54) is 11.3 Å². The number of para-hydroxylation sites is 1. The van der Waals surface area contributed by atoms with E-state index in [1.807, 2.05) is 12.1 Å². The zero-order chi connectivity index (χ0) is 19.0. The molecular weight excluding hydrogens is 344 g/mol. The lowest BCUT2D eigenvalue weighted by Gasteiger charge is -2.30. The van der Waals surface area contributed by atoms with Crippen molar-refractivity contribution >= 4 is 17.6 Å². The lowest BCUT2D eigenvalue weighted by molar-refractivity contribution is -0.143. The number of amides is 1. The fraction of sp³-hybridized carbons (Fsp3) is 0.429. The Morgan fingerprint density at radius 1 is 1.19 bits per heavy atom. The largest absolute Gasteiger partial charge is 0.481 e. The predicted octanol–water partition coefficient (Wildman–Crippen LogP) is 3.17. The van der Waals surface area contributed by atoms with Gasteiger partial charge in [-0.1, -0.05) is 18.2 Å². The molecule has 1 saturated heterocycles. The van der Waals surface area contributed by atoms with Crippen molar-refractivity contribution in [2.45, 2.75) is 38.8 Å². The molecule has 0 aliphatic carbocycles. The molecule has 1 aromatic heterocycles. The van der Waals surface area contributed by atoms with Crippen molar-refractivity contribution in [3.63, 3.8) is 0 Å². The molecule has 4 rings (SSSR count). The minimum Gasteiger partial charge on any atom is -0.481 e. The summed E-state index contributed by atoms with van der Waals surface area (Å²) in [6, 6.07) is 10.6. The minimum atomic E-state index is -0.775. The van der Waals surface area contributed by atoms with Gasteiger partial charge in [0.25, 0.3) is 5.91 Å². The molecule has 1 amide bonds. The number of fused-ring (bicyclic) bond motifs is 1. The Kier molecular flexibility index (Phi) is 4.64. The first-order valence-corrected chi connectivity index (χ1v) is 9.47. The number of benzene rings is 1. The normalized spacial score (nSPS) is 20.0. The van der Waals surface area contributed by atoms with Crippen LogP contribution in [0.5, 0.6) is 0 Å². The average Bonchev–Trinajstić information content (AvgIpc) is 3.26. The van der Waals surface area contributed by atoms with Gasteiger partial charge >= 0.3 is 5.97 Å². The summed E-state index contributed by atoms with van der Waals surface area (Å²) in [6.45, 7) is 3.73. The number of carbonyl (C=O) groups is 2. The van der Waals surface area contributed by atoms with Crippen LogP contribution in [0.15, 0.2) is 41.0 Å². The number of piperidine rings is 1. The number of hydrogen-bond donors (Lipinski definition) is 1. The molecule has 6 heteroatoms. The van der Waals surface area contributed by atoms with Gasteiger partial charge in [0.05, 0.1) is 12.2 Å². The zero-order valence-electron chi connectivity index (χ0n) is 15.4. The molecule has 0 unspecified atom stereocenters. The van der Waals surface area contributed by atoms with Crippen molar-refractivity contribution in [2.75, 3.05) is 18.0 Å². The second kappa shape index (κ2) is 7.10. The van der Waals surface area contributed by atoms with Gasteiger partial charge in [-0.25, -0.2) is 0 Å². The van der Waals surface area contributed by atoms with E-state index in [2.05, 4.69) is 30.0 Å². The number of carboxylic acid groups (broad SMARTS) is 1. The van der Waals surface area contributed by atoms with Crippen LogP contribution in [0, 0.1) is 5.92 Å². The van der Waals surface area contributed by atoms with E-state index in [-0.39, 0.29) is 11.8 Å². The van der Waals surface area contributed by atoms with Crippen molar-refractivity contribution < 1.29 is 19.1 Å². The standard InChI is InChI=1S/C21H24N2O4/c1-14-12-16-4-2-3-5-18(16)23(14)13-17-8-11-27-19(17)20(24)22-9-6-15(7-10-22)21(25)26/h2-5,8,11,14-15H,6-7,9-10,12-13H2,1H3,(H,25,26)/t14-/m1/s1. The highest BCUT2D eigenvalue weighted by atomic mass is 16.4. The van der Waals surface area contributed by atoms with Crippen LogP contribution in [0.3, 0.4) is 0 Å². The number of nitrogens with zero attached hydrogens (tertiary/aromatic N) is 2. The molecule has 2 aromatic rings. The third-order valence-electron chi connectivity index (χ3n) is 5.76. The number of anilines is 1. The van der Waals surface area contributed by atoms with Crippen LogP contribution in [0.1, 0.15) is 41.4 Å². The van der Waals surface area contributed by atoms with Gasteiger partial charge in [-0.2, -0.15) is 0 Å². The van der Waals surface area contributed by atoms with E-state index in [9.17, 15) is 9.59 Å². The highest BCUT2D eigenvalue weighted by Gasteiger charge is 2.31. The van der Waals surface area contributed by atoms with Crippen molar-refractivity contribution in [1.29, 1.82) is 0 Å². The molecule has 0 bridgehead atoms. The maximum atomic E-state index is 12.9. The van der Waals surface area contributed by atoms with Crippen molar-refractivity contribution in [3.8, 4) is 0 Å². The first-order chi connectivity index (χ1) is 13.0. The summed E-state index contributed by atoms with van der Waals surface area (Å²) in [6.07, 6.45) is 3.56.